The largest absolute Gasteiger partial charge is 0.492 e. The third-order valence-corrected chi connectivity index (χ3v) is 2.44. The van der Waals surface area contributed by atoms with Crippen LogP contribution in [0.2, 0.25) is 0 Å². The van der Waals surface area contributed by atoms with Crippen molar-refractivity contribution >= 4 is 5.96 Å². The molecule has 0 saturated carbocycles. The quantitative estimate of drug-likeness (QED) is 0.619. The standard InChI is InChI=1S/C14H23N3O/c1-4-15-14(16-5-2)17(3)11-12-18-13-9-7-6-8-10-13/h6-10H,4-5,11-12H2,1-3H3,(H,15,16). The molecule has 0 atom stereocenters. The first kappa shape index (κ1) is 14.4. The van der Waals surface area contributed by atoms with E-state index in [9.17, 15) is 0 Å². The van der Waals surface area contributed by atoms with Gasteiger partial charge >= 0.3 is 0 Å². The summed E-state index contributed by atoms with van der Waals surface area (Å²) in [6, 6.07) is 9.86. The van der Waals surface area contributed by atoms with Crippen LogP contribution in [0, 0.1) is 0 Å². The predicted molar refractivity (Wildman–Crippen MR) is 76.2 cm³/mol. The van der Waals surface area contributed by atoms with Crippen molar-refractivity contribution in [1.29, 1.82) is 0 Å². The summed E-state index contributed by atoms with van der Waals surface area (Å²) in [4.78, 5) is 6.49. The zero-order valence-corrected chi connectivity index (χ0v) is 11.5. The van der Waals surface area contributed by atoms with E-state index in [1.807, 2.05) is 44.3 Å². The first-order valence-electron chi connectivity index (χ1n) is 6.45. The van der Waals surface area contributed by atoms with Gasteiger partial charge in [0.05, 0.1) is 6.54 Å². The highest BCUT2D eigenvalue weighted by Crippen LogP contribution is 2.07. The molecule has 1 rings (SSSR count). The topological polar surface area (TPSA) is 36.9 Å². The highest BCUT2D eigenvalue weighted by molar-refractivity contribution is 5.79. The fourth-order valence-electron chi connectivity index (χ4n) is 1.54. The number of likely N-dealkylation sites (N-methyl/N-ethyl adjacent to an activating group) is 1. The van der Waals surface area contributed by atoms with Crippen LogP contribution in [0.3, 0.4) is 0 Å². The van der Waals surface area contributed by atoms with Crippen LogP contribution in [0.5, 0.6) is 5.75 Å². The van der Waals surface area contributed by atoms with Gasteiger partial charge in [-0.2, -0.15) is 0 Å². The zero-order valence-electron chi connectivity index (χ0n) is 11.5. The smallest absolute Gasteiger partial charge is 0.193 e. The van der Waals surface area contributed by atoms with Gasteiger partial charge in [0.15, 0.2) is 5.96 Å². The molecule has 0 aliphatic rings. The molecule has 1 N–H and O–H groups in total. The number of nitrogens with zero attached hydrogens (tertiary/aromatic N) is 2. The number of nitrogens with one attached hydrogen (secondary N) is 1. The molecule has 0 fully saturated rings. The number of aliphatic imine (C=N–C) groups is 1. The number of benzene rings is 1. The SMILES string of the molecule is CCN=C(NCC)N(C)CCOc1ccccc1. The van der Waals surface area contributed by atoms with Crippen LogP contribution in [-0.4, -0.2) is 44.1 Å². The van der Waals surface area contributed by atoms with Gasteiger partial charge in [-0.3, -0.25) is 4.99 Å². The normalized spacial score (nSPS) is 11.2. The highest BCUT2D eigenvalue weighted by Gasteiger charge is 2.04. The lowest BCUT2D eigenvalue weighted by Gasteiger charge is -2.21. The molecule has 0 saturated heterocycles. The van der Waals surface area contributed by atoms with Gasteiger partial charge in [-0.15, -0.1) is 0 Å². The van der Waals surface area contributed by atoms with E-state index in [1.165, 1.54) is 0 Å². The Bertz CT molecular complexity index is 351. The van der Waals surface area contributed by atoms with Crippen LogP contribution in [0.25, 0.3) is 0 Å². The molecule has 0 radical (unpaired) electrons. The lowest BCUT2D eigenvalue weighted by Crippen LogP contribution is -2.40. The second-order valence-corrected chi connectivity index (χ2v) is 3.91. The molecule has 0 aromatic heterocycles. The molecule has 4 heteroatoms. The van der Waals surface area contributed by atoms with Crippen LogP contribution in [0.1, 0.15) is 13.8 Å². The maximum Gasteiger partial charge on any atom is 0.193 e. The summed E-state index contributed by atoms with van der Waals surface area (Å²) in [5.41, 5.74) is 0. The number of rotatable bonds is 6. The van der Waals surface area contributed by atoms with Gasteiger partial charge in [-0.1, -0.05) is 18.2 Å². The minimum atomic E-state index is 0.647. The van der Waals surface area contributed by atoms with Gasteiger partial charge in [0.1, 0.15) is 12.4 Å². The number of hydrogen-bond acceptors (Lipinski definition) is 2. The van der Waals surface area contributed by atoms with E-state index in [0.29, 0.717) is 6.61 Å². The average molecular weight is 249 g/mol. The van der Waals surface area contributed by atoms with Crippen molar-refractivity contribution in [3.63, 3.8) is 0 Å². The summed E-state index contributed by atoms with van der Waals surface area (Å²) < 4.78 is 5.66. The molecule has 0 spiro atoms. The Kier molecular flexibility index (Phi) is 6.69. The second kappa shape index (κ2) is 8.39. The summed E-state index contributed by atoms with van der Waals surface area (Å²) in [6.07, 6.45) is 0. The van der Waals surface area contributed by atoms with E-state index in [1.54, 1.807) is 0 Å². The fraction of sp³-hybridized carbons (Fsp3) is 0.500. The van der Waals surface area contributed by atoms with Crippen molar-refractivity contribution in [3.05, 3.63) is 30.3 Å². The second-order valence-electron chi connectivity index (χ2n) is 3.91. The summed E-state index contributed by atoms with van der Waals surface area (Å²) in [7, 11) is 2.02. The Labute approximate surface area is 110 Å². The van der Waals surface area contributed by atoms with E-state index < -0.39 is 0 Å². The number of para-hydroxylation sites is 1. The molecular formula is C14H23N3O. The molecule has 0 aliphatic heterocycles. The Morgan fingerprint density at radius 1 is 1.28 bits per heavy atom. The minimum absolute atomic E-state index is 0.647. The maximum absolute atomic E-state index is 5.66. The molecule has 4 nitrogen and oxygen atoms in total. The van der Waals surface area contributed by atoms with E-state index in [-0.39, 0.29) is 0 Å². The molecule has 0 unspecified atom stereocenters. The fourth-order valence-corrected chi connectivity index (χ4v) is 1.54. The molecule has 1 aromatic carbocycles. The third-order valence-electron chi connectivity index (χ3n) is 2.44. The van der Waals surface area contributed by atoms with Crippen molar-refractivity contribution in [2.75, 3.05) is 33.3 Å². The number of guanidine groups is 1. The predicted octanol–water partition coefficient (Wildman–Crippen LogP) is 1.98. The molecule has 0 amide bonds. The molecule has 1 aromatic rings. The van der Waals surface area contributed by atoms with E-state index in [0.717, 1.165) is 31.3 Å². The summed E-state index contributed by atoms with van der Waals surface area (Å²) >= 11 is 0. The van der Waals surface area contributed by atoms with Crippen LogP contribution >= 0.6 is 0 Å². The van der Waals surface area contributed by atoms with E-state index in [4.69, 9.17) is 4.74 Å². The van der Waals surface area contributed by atoms with Crippen LogP contribution < -0.4 is 10.1 Å². The molecule has 0 bridgehead atoms. The Morgan fingerprint density at radius 3 is 2.61 bits per heavy atom. The zero-order chi connectivity index (χ0) is 13.2. The highest BCUT2D eigenvalue weighted by atomic mass is 16.5. The first-order valence-corrected chi connectivity index (χ1v) is 6.45. The van der Waals surface area contributed by atoms with Crippen LogP contribution in [0.15, 0.2) is 35.3 Å². The first-order chi connectivity index (χ1) is 8.77. The van der Waals surface area contributed by atoms with Crippen molar-refractivity contribution in [3.8, 4) is 5.75 Å². The Morgan fingerprint density at radius 2 is 2.00 bits per heavy atom. The van der Waals surface area contributed by atoms with Crippen molar-refractivity contribution in [2.24, 2.45) is 4.99 Å². The van der Waals surface area contributed by atoms with Gasteiger partial charge in [0, 0.05) is 20.1 Å². The van der Waals surface area contributed by atoms with Gasteiger partial charge in [-0.25, -0.2) is 0 Å². The molecule has 100 valence electrons. The van der Waals surface area contributed by atoms with Gasteiger partial charge in [-0.05, 0) is 26.0 Å². The lowest BCUT2D eigenvalue weighted by atomic mass is 10.3. The van der Waals surface area contributed by atoms with Crippen molar-refractivity contribution in [2.45, 2.75) is 13.8 Å². The molecule has 0 heterocycles. The monoisotopic (exact) mass is 249 g/mol. The minimum Gasteiger partial charge on any atom is -0.492 e. The van der Waals surface area contributed by atoms with Gasteiger partial charge in [0.25, 0.3) is 0 Å². The maximum atomic E-state index is 5.66. The van der Waals surface area contributed by atoms with Crippen LogP contribution in [0.4, 0.5) is 0 Å². The van der Waals surface area contributed by atoms with E-state index in [2.05, 4.69) is 22.1 Å². The van der Waals surface area contributed by atoms with Gasteiger partial charge < -0.3 is 15.0 Å². The summed E-state index contributed by atoms with van der Waals surface area (Å²) in [6.45, 7) is 7.22. The molecule has 0 aliphatic carbocycles. The van der Waals surface area contributed by atoms with Crippen molar-refractivity contribution < 1.29 is 4.74 Å². The molecular weight excluding hydrogens is 226 g/mol. The van der Waals surface area contributed by atoms with Crippen LogP contribution in [-0.2, 0) is 0 Å². The Hall–Kier alpha value is -1.71. The van der Waals surface area contributed by atoms with Gasteiger partial charge in [0.2, 0.25) is 0 Å². The van der Waals surface area contributed by atoms with Crippen molar-refractivity contribution in [1.82, 2.24) is 10.2 Å². The average Bonchev–Trinajstić information content (AvgIpc) is 2.39. The summed E-state index contributed by atoms with van der Waals surface area (Å²) in [5.74, 6) is 1.83. The van der Waals surface area contributed by atoms with E-state index >= 15 is 0 Å². The number of hydrogen-bond donors (Lipinski definition) is 1. The molecule has 18 heavy (non-hydrogen) atoms. The Balaban J connectivity index is 2.35. The summed E-state index contributed by atoms with van der Waals surface area (Å²) in [5, 5.41) is 3.25. The third kappa shape index (κ3) is 5.08. The lowest BCUT2D eigenvalue weighted by molar-refractivity contribution is 0.281. The number of ether oxygens (including phenoxy) is 1.